The minimum atomic E-state index is -0.119. The van der Waals surface area contributed by atoms with Crippen LogP contribution in [-0.4, -0.2) is 44.2 Å². The summed E-state index contributed by atoms with van der Waals surface area (Å²) in [5, 5.41) is 2.84. The molecule has 1 amide bonds. The van der Waals surface area contributed by atoms with E-state index in [9.17, 15) is 4.79 Å². The second-order valence-corrected chi connectivity index (χ2v) is 5.05. The average Bonchev–Trinajstić information content (AvgIpc) is 2.52. The highest BCUT2D eigenvalue weighted by Crippen LogP contribution is 2.18. The van der Waals surface area contributed by atoms with Crippen LogP contribution >= 0.6 is 0 Å². The van der Waals surface area contributed by atoms with E-state index in [-0.39, 0.29) is 5.91 Å². The minimum absolute atomic E-state index is 0.119. The molecule has 5 nitrogen and oxygen atoms in total. The van der Waals surface area contributed by atoms with Crippen molar-refractivity contribution in [3.8, 4) is 0 Å². The van der Waals surface area contributed by atoms with Gasteiger partial charge in [-0.1, -0.05) is 0 Å². The van der Waals surface area contributed by atoms with Crippen molar-refractivity contribution in [1.29, 1.82) is 0 Å². The first-order valence-electron chi connectivity index (χ1n) is 7.29. The molecule has 0 bridgehead atoms. The van der Waals surface area contributed by atoms with E-state index in [1.54, 1.807) is 19.4 Å². The zero-order valence-electron chi connectivity index (χ0n) is 12.1. The Labute approximate surface area is 120 Å². The quantitative estimate of drug-likeness (QED) is 0.806. The molecule has 2 heterocycles. The summed E-state index contributed by atoms with van der Waals surface area (Å²) in [7, 11) is 1.66. The van der Waals surface area contributed by atoms with E-state index in [0.717, 1.165) is 25.2 Å². The summed E-state index contributed by atoms with van der Waals surface area (Å²) >= 11 is 0. The highest BCUT2D eigenvalue weighted by atomic mass is 16.5. The Morgan fingerprint density at radius 2 is 2.15 bits per heavy atom. The second-order valence-electron chi connectivity index (χ2n) is 5.05. The number of piperidine rings is 1. The molecule has 0 saturated carbocycles. The monoisotopic (exact) mass is 277 g/mol. The Morgan fingerprint density at radius 3 is 2.80 bits per heavy atom. The highest BCUT2D eigenvalue weighted by Gasteiger charge is 2.12. The Kier molecular flexibility index (Phi) is 5.80. The van der Waals surface area contributed by atoms with Crippen LogP contribution in [0.3, 0.4) is 0 Å². The Morgan fingerprint density at radius 1 is 1.35 bits per heavy atom. The molecule has 110 valence electrons. The van der Waals surface area contributed by atoms with Crippen molar-refractivity contribution in [3.63, 3.8) is 0 Å². The number of nitrogens with one attached hydrogen (secondary N) is 1. The summed E-state index contributed by atoms with van der Waals surface area (Å²) < 4.78 is 4.94. The molecule has 1 fully saturated rings. The van der Waals surface area contributed by atoms with Gasteiger partial charge in [0.25, 0.3) is 5.91 Å². The van der Waals surface area contributed by atoms with E-state index in [2.05, 4.69) is 15.2 Å². The Hall–Kier alpha value is -1.62. The normalized spacial score (nSPS) is 15.2. The first-order valence-corrected chi connectivity index (χ1v) is 7.29. The predicted molar refractivity (Wildman–Crippen MR) is 79.1 cm³/mol. The molecule has 1 aromatic heterocycles. The standard InChI is InChI=1S/C15H23N3O2/c1-20-11-5-8-16-15(19)14-7-6-13(12-17-14)18-9-3-2-4-10-18/h6-7,12H,2-5,8-11H2,1H3,(H,16,19). The maximum atomic E-state index is 11.9. The van der Waals surface area contributed by atoms with Gasteiger partial charge in [0.2, 0.25) is 0 Å². The fraction of sp³-hybridized carbons (Fsp3) is 0.600. The minimum Gasteiger partial charge on any atom is -0.385 e. The van der Waals surface area contributed by atoms with Crippen molar-refractivity contribution in [3.05, 3.63) is 24.0 Å². The van der Waals surface area contributed by atoms with Crippen molar-refractivity contribution in [2.45, 2.75) is 25.7 Å². The maximum Gasteiger partial charge on any atom is 0.269 e. The molecule has 1 aromatic rings. The number of ether oxygens (including phenoxy) is 1. The summed E-state index contributed by atoms with van der Waals surface area (Å²) in [6.07, 6.45) is 6.40. The van der Waals surface area contributed by atoms with Crippen LogP contribution in [-0.2, 0) is 4.74 Å². The molecule has 0 spiro atoms. The molecule has 1 N–H and O–H groups in total. The number of carbonyl (C=O) groups excluding carboxylic acids is 1. The third kappa shape index (κ3) is 4.20. The topological polar surface area (TPSA) is 54.5 Å². The fourth-order valence-corrected chi connectivity index (χ4v) is 2.37. The Balaban J connectivity index is 1.85. The number of hydrogen-bond donors (Lipinski definition) is 1. The number of hydrogen-bond acceptors (Lipinski definition) is 4. The van der Waals surface area contributed by atoms with E-state index >= 15 is 0 Å². The van der Waals surface area contributed by atoms with Gasteiger partial charge in [-0.25, -0.2) is 4.98 Å². The molecule has 0 aromatic carbocycles. The maximum absolute atomic E-state index is 11.9. The number of pyridine rings is 1. The number of amides is 1. The van der Waals surface area contributed by atoms with E-state index in [0.29, 0.717) is 18.8 Å². The molecule has 5 heteroatoms. The van der Waals surface area contributed by atoms with Gasteiger partial charge in [0.15, 0.2) is 0 Å². The van der Waals surface area contributed by atoms with Crippen LogP contribution in [0.4, 0.5) is 5.69 Å². The van der Waals surface area contributed by atoms with Gasteiger partial charge in [-0.15, -0.1) is 0 Å². The molecular formula is C15H23N3O2. The van der Waals surface area contributed by atoms with Gasteiger partial charge in [-0.3, -0.25) is 4.79 Å². The lowest BCUT2D eigenvalue weighted by molar-refractivity contribution is 0.0943. The first-order chi connectivity index (χ1) is 9.81. The number of carbonyl (C=O) groups is 1. The number of anilines is 1. The molecule has 0 atom stereocenters. The van der Waals surface area contributed by atoms with Gasteiger partial charge in [-0.2, -0.15) is 0 Å². The molecule has 0 radical (unpaired) electrons. The number of nitrogens with zero attached hydrogens (tertiary/aromatic N) is 2. The van der Waals surface area contributed by atoms with Gasteiger partial charge in [0.1, 0.15) is 5.69 Å². The van der Waals surface area contributed by atoms with Crippen molar-refractivity contribution in [1.82, 2.24) is 10.3 Å². The zero-order valence-corrected chi connectivity index (χ0v) is 12.1. The zero-order chi connectivity index (χ0) is 14.2. The van der Waals surface area contributed by atoms with E-state index < -0.39 is 0 Å². The Bertz CT molecular complexity index is 414. The smallest absolute Gasteiger partial charge is 0.269 e. The molecular weight excluding hydrogens is 254 g/mol. The molecule has 2 rings (SSSR count). The van der Waals surface area contributed by atoms with Gasteiger partial charge in [0, 0.05) is 33.4 Å². The summed E-state index contributed by atoms with van der Waals surface area (Å²) in [5.41, 5.74) is 1.59. The van der Waals surface area contributed by atoms with Crippen LogP contribution in [0.5, 0.6) is 0 Å². The fourth-order valence-electron chi connectivity index (χ4n) is 2.37. The molecule has 1 aliphatic rings. The van der Waals surface area contributed by atoms with E-state index in [4.69, 9.17) is 4.74 Å². The van der Waals surface area contributed by atoms with Gasteiger partial charge < -0.3 is 15.0 Å². The number of rotatable bonds is 6. The third-order valence-corrected chi connectivity index (χ3v) is 3.51. The van der Waals surface area contributed by atoms with Crippen LogP contribution in [0.25, 0.3) is 0 Å². The van der Waals surface area contributed by atoms with Crippen LogP contribution in [0, 0.1) is 0 Å². The van der Waals surface area contributed by atoms with Crippen LogP contribution < -0.4 is 10.2 Å². The largest absolute Gasteiger partial charge is 0.385 e. The lowest BCUT2D eigenvalue weighted by Gasteiger charge is -2.28. The van der Waals surface area contributed by atoms with Gasteiger partial charge in [0.05, 0.1) is 11.9 Å². The predicted octanol–water partition coefficient (Wildman–Crippen LogP) is 1.84. The number of aromatic nitrogens is 1. The lowest BCUT2D eigenvalue weighted by Crippen LogP contribution is -2.30. The molecule has 0 unspecified atom stereocenters. The molecule has 1 saturated heterocycles. The van der Waals surface area contributed by atoms with Crippen LogP contribution in [0.15, 0.2) is 18.3 Å². The molecule has 0 aliphatic carbocycles. The van der Waals surface area contributed by atoms with E-state index in [1.807, 2.05) is 6.07 Å². The first kappa shape index (κ1) is 14.8. The summed E-state index contributed by atoms with van der Waals surface area (Å²) in [5.74, 6) is -0.119. The second kappa shape index (κ2) is 7.85. The average molecular weight is 277 g/mol. The summed E-state index contributed by atoms with van der Waals surface area (Å²) in [6.45, 7) is 3.44. The van der Waals surface area contributed by atoms with Crippen molar-refractivity contribution in [2.75, 3.05) is 38.3 Å². The highest BCUT2D eigenvalue weighted by molar-refractivity contribution is 5.92. The van der Waals surface area contributed by atoms with Gasteiger partial charge in [-0.05, 0) is 37.8 Å². The van der Waals surface area contributed by atoms with Gasteiger partial charge >= 0.3 is 0 Å². The summed E-state index contributed by atoms with van der Waals surface area (Å²) in [4.78, 5) is 18.5. The van der Waals surface area contributed by atoms with Crippen LogP contribution in [0.1, 0.15) is 36.2 Å². The van der Waals surface area contributed by atoms with Crippen molar-refractivity contribution >= 4 is 11.6 Å². The lowest BCUT2D eigenvalue weighted by atomic mass is 10.1. The third-order valence-electron chi connectivity index (χ3n) is 3.51. The van der Waals surface area contributed by atoms with Crippen molar-refractivity contribution < 1.29 is 9.53 Å². The van der Waals surface area contributed by atoms with Crippen molar-refractivity contribution in [2.24, 2.45) is 0 Å². The SMILES string of the molecule is COCCCNC(=O)c1ccc(N2CCCCC2)cn1. The summed E-state index contributed by atoms with van der Waals surface area (Å²) in [6, 6.07) is 3.79. The number of methoxy groups -OCH3 is 1. The molecule has 1 aliphatic heterocycles. The van der Waals surface area contributed by atoms with E-state index in [1.165, 1.54) is 19.3 Å². The van der Waals surface area contributed by atoms with Crippen LogP contribution in [0.2, 0.25) is 0 Å². The molecule has 20 heavy (non-hydrogen) atoms.